The maximum absolute atomic E-state index is 11.3. The van der Waals surface area contributed by atoms with Crippen LogP contribution in [0.2, 0.25) is 0 Å². The van der Waals surface area contributed by atoms with Crippen molar-refractivity contribution in [2.75, 3.05) is 26.0 Å². The molecule has 2 rings (SSSR count). The highest BCUT2D eigenvalue weighted by Gasteiger charge is 2.36. The average Bonchev–Trinajstić information content (AvgIpc) is 2.87. The SMILES string of the molecule is CN(C)C1(CNc2ncc(Br)cc2C(=O)O)CCCC1. The van der Waals surface area contributed by atoms with Gasteiger partial charge in [0.25, 0.3) is 0 Å². The first-order chi connectivity index (χ1) is 9.44. The van der Waals surface area contributed by atoms with E-state index in [9.17, 15) is 9.90 Å². The summed E-state index contributed by atoms with van der Waals surface area (Å²) in [6.07, 6.45) is 6.32. The fraction of sp³-hybridized carbons (Fsp3) is 0.571. The molecule has 0 saturated heterocycles. The second-order valence-corrected chi connectivity index (χ2v) is 6.45. The first kappa shape index (κ1) is 15.3. The summed E-state index contributed by atoms with van der Waals surface area (Å²) in [7, 11) is 4.17. The van der Waals surface area contributed by atoms with Crippen LogP contribution in [0.4, 0.5) is 5.82 Å². The highest BCUT2D eigenvalue weighted by atomic mass is 79.9. The van der Waals surface area contributed by atoms with Crippen LogP contribution in [0.5, 0.6) is 0 Å². The lowest BCUT2D eigenvalue weighted by atomic mass is 9.96. The van der Waals surface area contributed by atoms with E-state index >= 15 is 0 Å². The number of aromatic carboxylic acids is 1. The molecular formula is C14H20BrN3O2. The van der Waals surface area contributed by atoms with Crippen LogP contribution < -0.4 is 5.32 Å². The van der Waals surface area contributed by atoms with Gasteiger partial charge < -0.3 is 15.3 Å². The van der Waals surface area contributed by atoms with Crippen molar-refractivity contribution < 1.29 is 9.90 Å². The maximum atomic E-state index is 11.3. The van der Waals surface area contributed by atoms with Crippen molar-refractivity contribution in [1.29, 1.82) is 0 Å². The van der Waals surface area contributed by atoms with Gasteiger partial charge in [0.15, 0.2) is 0 Å². The molecule has 110 valence electrons. The molecule has 0 radical (unpaired) electrons. The standard InChI is InChI=1S/C14H20BrN3O2/c1-18(2)14(5-3-4-6-14)9-17-12-11(13(19)20)7-10(15)8-16-12/h7-8H,3-6,9H2,1-2H3,(H,16,17)(H,19,20). The van der Waals surface area contributed by atoms with E-state index in [1.54, 1.807) is 12.3 Å². The number of carboxylic acids is 1. The van der Waals surface area contributed by atoms with Gasteiger partial charge in [-0.15, -0.1) is 0 Å². The van der Waals surface area contributed by atoms with Gasteiger partial charge >= 0.3 is 5.97 Å². The molecule has 1 aliphatic carbocycles. The van der Waals surface area contributed by atoms with E-state index < -0.39 is 5.97 Å². The molecule has 6 heteroatoms. The number of nitrogens with one attached hydrogen (secondary N) is 1. The van der Waals surface area contributed by atoms with Crippen molar-refractivity contribution in [3.05, 3.63) is 22.3 Å². The van der Waals surface area contributed by atoms with Gasteiger partial charge in [-0.1, -0.05) is 12.8 Å². The monoisotopic (exact) mass is 341 g/mol. The minimum atomic E-state index is -0.966. The summed E-state index contributed by atoms with van der Waals surface area (Å²) < 4.78 is 0.670. The molecule has 1 fully saturated rings. The number of halogens is 1. The summed E-state index contributed by atoms with van der Waals surface area (Å²) in [5.74, 6) is -0.527. The number of hydrogen-bond acceptors (Lipinski definition) is 4. The minimum absolute atomic E-state index is 0.102. The zero-order chi connectivity index (χ0) is 14.8. The van der Waals surface area contributed by atoms with Gasteiger partial charge in [-0.2, -0.15) is 0 Å². The molecule has 1 heterocycles. The zero-order valence-electron chi connectivity index (χ0n) is 11.8. The molecule has 2 N–H and O–H groups in total. The molecule has 5 nitrogen and oxygen atoms in total. The lowest BCUT2D eigenvalue weighted by Gasteiger charge is -2.36. The number of anilines is 1. The van der Waals surface area contributed by atoms with Gasteiger partial charge in [-0.3, -0.25) is 0 Å². The molecule has 1 aliphatic rings. The Morgan fingerprint density at radius 1 is 1.50 bits per heavy atom. The van der Waals surface area contributed by atoms with E-state index in [4.69, 9.17) is 0 Å². The van der Waals surface area contributed by atoms with Crippen molar-refractivity contribution in [2.24, 2.45) is 0 Å². The Kier molecular flexibility index (Phi) is 4.65. The van der Waals surface area contributed by atoms with Crippen molar-refractivity contribution >= 4 is 27.7 Å². The predicted molar refractivity (Wildman–Crippen MR) is 82.3 cm³/mol. The molecule has 1 saturated carbocycles. The fourth-order valence-corrected chi connectivity index (χ4v) is 3.14. The van der Waals surface area contributed by atoms with E-state index in [2.05, 4.69) is 45.2 Å². The topological polar surface area (TPSA) is 65.5 Å². The van der Waals surface area contributed by atoms with Gasteiger partial charge in [-0.05, 0) is 48.9 Å². The van der Waals surface area contributed by atoms with Crippen LogP contribution in [-0.2, 0) is 0 Å². The summed E-state index contributed by atoms with van der Waals surface area (Å²) in [6.45, 7) is 0.717. The van der Waals surface area contributed by atoms with Crippen molar-refractivity contribution in [1.82, 2.24) is 9.88 Å². The fourth-order valence-electron chi connectivity index (χ4n) is 2.81. The molecule has 0 spiro atoms. The van der Waals surface area contributed by atoms with Crippen molar-refractivity contribution in [2.45, 2.75) is 31.2 Å². The summed E-state index contributed by atoms with van der Waals surface area (Å²) in [5.41, 5.74) is 0.302. The highest BCUT2D eigenvalue weighted by molar-refractivity contribution is 9.10. The smallest absolute Gasteiger partial charge is 0.339 e. The van der Waals surface area contributed by atoms with E-state index in [0.29, 0.717) is 10.3 Å². The van der Waals surface area contributed by atoms with E-state index in [1.165, 1.54) is 12.8 Å². The van der Waals surface area contributed by atoms with Crippen LogP contribution in [0.1, 0.15) is 36.0 Å². The summed E-state index contributed by atoms with van der Waals surface area (Å²) >= 11 is 3.25. The molecule has 0 amide bonds. The first-order valence-corrected chi connectivity index (χ1v) is 7.54. The highest BCUT2D eigenvalue weighted by Crippen LogP contribution is 2.34. The molecule has 20 heavy (non-hydrogen) atoms. The number of pyridine rings is 1. The number of carbonyl (C=O) groups is 1. The number of carboxylic acid groups (broad SMARTS) is 1. The van der Waals surface area contributed by atoms with Crippen LogP contribution in [-0.4, -0.2) is 47.1 Å². The Hall–Kier alpha value is -1.14. The second kappa shape index (κ2) is 6.10. The van der Waals surface area contributed by atoms with Crippen LogP contribution >= 0.6 is 15.9 Å². The van der Waals surface area contributed by atoms with Gasteiger partial charge in [0.05, 0.1) is 0 Å². The number of hydrogen-bond donors (Lipinski definition) is 2. The van der Waals surface area contributed by atoms with Gasteiger partial charge in [0.2, 0.25) is 0 Å². The summed E-state index contributed by atoms with van der Waals surface area (Å²) in [6, 6.07) is 1.58. The molecule has 1 aromatic heterocycles. The third-order valence-corrected chi connectivity index (χ3v) is 4.59. The van der Waals surface area contributed by atoms with E-state index in [1.807, 2.05) is 0 Å². The Morgan fingerprint density at radius 2 is 2.15 bits per heavy atom. The summed E-state index contributed by atoms with van der Waals surface area (Å²) in [4.78, 5) is 17.7. The first-order valence-electron chi connectivity index (χ1n) is 6.75. The number of nitrogens with zero attached hydrogens (tertiary/aromatic N) is 2. The molecule has 0 unspecified atom stereocenters. The number of likely N-dealkylation sites (N-methyl/N-ethyl adjacent to an activating group) is 1. The maximum Gasteiger partial charge on any atom is 0.339 e. The van der Waals surface area contributed by atoms with Crippen LogP contribution in [0, 0.1) is 0 Å². The Labute approximate surface area is 127 Å². The van der Waals surface area contributed by atoms with Gasteiger partial charge in [0.1, 0.15) is 11.4 Å². The third-order valence-electron chi connectivity index (χ3n) is 4.15. The Bertz CT molecular complexity index is 499. The second-order valence-electron chi connectivity index (χ2n) is 5.53. The van der Waals surface area contributed by atoms with Crippen LogP contribution in [0.25, 0.3) is 0 Å². The third kappa shape index (κ3) is 3.12. The minimum Gasteiger partial charge on any atom is -0.478 e. The molecule has 0 atom stereocenters. The normalized spacial score (nSPS) is 17.4. The number of rotatable bonds is 5. The quantitative estimate of drug-likeness (QED) is 0.861. The lowest BCUT2D eigenvalue weighted by Crippen LogP contribution is -2.47. The van der Waals surface area contributed by atoms with Gasteiger partial charge in [0, 0.05) is 22.8 Å². The Balaban J connectivity index is 2.16. The van der Waals surface area contributed by atoms with Crippen molar-refractivity contribution in [3.8, 4) is 0 Å². The lowest BCUT2D eigenvalue weighted by molar-refractivity contribution is 0.0697. The van der Waals surface area contributed by atoms with Gasteiger partial charge in [-0.25, -0.2) is 9.78 Å². The number of aromatic nitrogens is 1. The summed E-state index contributed by atoms with van der Waals surface area (Å²) in [5, 5.41) is 12.5. The Morgan fingerprint density at radius 3 is 2.70 bits per heavy atom. The predicted octanol–water partition coefficient (Wildman–Crippen LogP) is 2.83. The average molecular weight is 342 g/mol. The molecule has 0 bridgehead atoms. The van der Waals surface area contributed by atoms with Crippen LogP contribution in [0.3, 0.4) is 0 Å². The molecule has 0 aliphatic heterocycles. The molecular weight excluding hydrogens is 322 g/mol. The van der Waals surface area contributed by atoms with E-state index in [0.717, 1.165) is 19.4 Å². The van der Waals surface area contributed by atoms with Crippen molar-refractivity contribution in [3.63, 3.8) is 0 Å². The molecule has 1 aromatic rings. The zero-order valence-corrected chi connectivity index (χ0v) is 13.4. The van der Waals surface area contributed by atoms with Crippen LogP contribution in [0.15, 0.2) is 16.7 Å². The largest absolute Gasteiger partial charge is 0.478 e. The molecule has 0 aromatic carbocycles. The van der Waals surface area contributed by atoms with E-state index in [-0.39, 0.29) is 11.1 Å².